The van der Waals surface area contributed by atoms with E-state index < -0.39 is 0 Å². The van der Waals surface area contributed by atoms with Gasteiger partial charge < -0.3 is 10.8 Å². The molecule has 0 bridgehead atoms. The van der Waals surface area contributed by atoms with Crippen LogP contribution in [0.25, 0.3) is 0 Å². The van der Waals surface area contributed by atoms with Gasteiger partial charge in [-0.1, -0.05) is 30.3 Å². The second-order valence-electron chi connectivity index (χ2n) is 4.27. The highest BCUT2D eigenvalue weighted by Crippen LogP contribution is 2.49. The Kier molecular flexibility index (Phi) is 2.57. The summed E-state index contributed by atoms with van der Waals surface area (Å²) in [5.41, 5.74) is 7.00. The van der Waals surface area contributed by atoms with Crippen molar-refractivity contribution in [2.24, 2.45) is 11.7 Å². The molecule has 4 atom stereocenters. The van der Waals surface area contributed by atoms with Gasteiger partial charge in [0, 0.05) is 6.04 Å². The van der Waals surface area contributed by atoms with Gasteiger partial charge in [0.2, 0.25) is 0 Å². The summed E-state index contributed by atoms with van der Waals surface area (Å²) in [5.74, 6) is 0.898. The molecular weight excluding hydrogens is 174 g/mol. The van der Waals surface area contributed by atoms with Gasteiger partial charge in [0.1, 0.15) is 0 Å². The molecule has 0 saturated heterocycles. The Morgan fingerprint density at radius 2 is 2.00 bits per heavy atom. The van der Waals surface area contributed by atoms with Crippen molar-refractivity contribution in [2.75, 3.05) is 0 Å². The lowest BCUT2D eigenvalue weighted by atomic mass is 10.0. The van der Waals surface area contributed by atoms with Gasteiger partial charge in [0.25, 0.3) is 0 Å². The van der Waals surface area contributed by atoms with Crippen LogP contribution >= 0.6 is 0 Å². The molecule has 0 radical (unpaired) electrons. The minimum Gasteiger partial charge on any atom is -0.391 e. The fourth-order valence-electron chi connectivity index (χ4n) is 2.07. The molecule has 2 heteroatoms. The van der Waals surface area contributed by atoms with Crippen molar-refractivity contribution in [2.45, 2.75) is 31.4 Å². The Balaban J connectivity index is 2.00. The van der Waals surface area contributed by atoms with Crippen molar-refractivity contribution in [1.29, 1.82) is 0 Å². The van der Waals surface area contributed by atoms with E-state index >= 15 is 0 Å². The molecule has 4 unspecified atom stereocenters. The highest BCUT2D eigenvalue weighted by Gasteiger charge is 2.44. The van der Waals surface area contributed by atoms with Crippen molar-refractivity contribution in [3.8, 4) is 0 Å². The number of rotatable bonds is 3. The molecule has 1 aromatic rings. The highest BCUT2D eigenvalue weighted by molar-refractivity contribution is 5.26. The zero-order chi connectivity index (χ0) is 10.1. The van der Waals surface area contributed by atoms with E-state index in [0.29, 0.717) is 11.8 Å². The predicted octanol–water partition coefficient (Wildman–Crippen LogP) is 1.50. The molecule has 0 spiro atoms. The molecule has 2 nitrogen and oxygen atoms in total. The molecule has 0 aliphatic heterocycles. The summed E-state index contributed by atoms with van der Waals surface area (Å²) in [7, 11) is 0. The van der Waals surface area contributed by atoms with Gasteiger partial charge in [0.05, 0.1) is 6.10 Å². The number of hydrogen-bond acceptors (Lipinski definition) is 2. The molecule has 0 amide bonds. The smallest absolute Gasteiger partial charge is 0.0722 e. The van der Waals surface area contributed by atoms with Crippen molar-refractivity contribution in [1.82, 2.24) is 0 Å². The van der Waals surface area contributed by atoms with E-state index in [2.05, 4.69) is 12.1 Å². The van der Waals surface area contributed by atoms with Gasteiger partial charge in [-0.05, 0) is 30.7 Å². The van der Waals surface area contributed by atoms with Crippen molar-refractivity contribution in [3.63, 3.8) is 0 Å². The van der Waals surface area contributed by atoms with Gasteiger partial charge in [-0.2, -0.15) is 0 Å². The molecule has 14 heavy (non-hydrogen) atoms. The van der Waals surface area contributed by atoms with E-state index in [0.717, 1.165) is 6.42 Å². The van der Waals surface area contributed by atoms with Gasteiger partial charge in [-0.25, -0.2) is 0 Å². The number of aliphatic hydroxyl groups is 1. The maximum absolute atomic E-state index is 9.77. The lowest BCUT2D eigenvalue weighted by molar-refractivity contribution is 0.126. The highest BCUT2D eigenvalue weighted by atomic mass is 16.3. The van der Waals surface area contributed by atoms with E-state index in [-0.39, 0.29) is 12.1 Å². The van der Waals surface area contributed by atoms with Crippen LogP contribution in [0.2, 0.25) is 0 Å². The lowest BCUT2D eigenvalue weighted by Gasteiger charge is -2.13. The van der Waals surface area contributed by atoms with Crippen molar-refractivity contribution < 1.29 is 5.11 Å². The van der Waals surface area contributed by atoms with Gasteiger partial charge >= 0.3 is 0 Å². The first-order chi connectivity index (χ1) is 6.70. The molecule has 3 N–H and O–H groups in total. The third-order valence-corrected chi connectivity index (χ3v) is 3.04. The quantitative estimate of drug-likeness (QED) is 0.760. The van der Waals surface area contributed by atoms with E-state index in [1.807, 2.05) is 25.1 Å². The molecule has 2 rings (SSSR count). The fraction of sp³-hybridized carbons (Fsp3) is 0.500. The summed E-state index contributed by atoms with van der Waals surface area (Å²) in [5, 5.41) is 9.77. The first-order valence-electron chi connectivity index (χ1n) is 5.18. The number of aliphatic hydroxyl groups excluding tert-OH is 1. The predicted molar refractivity (Wildman–Crippen MR) is 56.9 cm³/mol. The first-order valence-corrected chi connectivity index (χ1v) is 5.18. The average Bonchev–Trinajstić information content (AvgIpc) is 2.97. The normalized spacial score (nSPS) is 29.6. The SMILES string of the molecule is CC(N)C(O)C1CC1c1ccccc1. The van der Waals surface area contributed by atoms with Crippen molar-refractivity contribution >= 4 is 0 Å². The van der Waals surface area contributed by atoms with Gasteiger partial charge in [-0.15, -0.1) is 0 Å². The Labute approximate surface area is 84.7 Å². The zero-order valence-electron chi connectivity index (χ0n) is 8.43. The van der Waals surface area contributed by atoms with E-state index in [9.17, 15) is 5.11 Å². The molecule has 76 valence electrons. The number of nitrogens with two attached hydrogens (primary N) is 1. The van der Waals surface area contributed by atoms with Crippen molar-refractivity contribution in [3.05, 3.63) is 35.9 Å². The minimum atomic E-state index is -0.347. The first kappa shape index (κ1) is 9.69. The summed E-state index contributed by atoms with van der Waals surface area (Å²) in [6.45, 7) is 1.87. The number of benzene rings is 1. The molecule has 1 aliphatic carbocycles. The zero-order valence-corrected chi connectivity index (χ0v) is 8.43. The summed E-state index contributed by atoms with van der Waals surface area (Å²) >= 11 is 0. The van der Waals surface area contributed by atoms with Crippen LogP contribution in [0.3, 0.4) is 0 Å². The number of hydrogen-bond donors (Lipinski definition) is 2. The summed E-state index contributed by atoms with van der Waals surface area (Å²) in [6.07, 6.45) is 0.729. The molecule has 1 fully saturated rings. The second-order valence-corrected chi connectivity index (χ2v) is 4.27. The molecular formula is C12H17NO. The topological polar surface area (TPSA) is 46.2 Å². The standard InChI is InChI=1S/C12H17NO/c1-8(13)12(14)11-7-10(11)9-5-3-2-4-6-9/h2-6,8,10-12,14H,7,13H2,1H3. The largest absolute Gasteiger partial charge is 0.391 e. The third-order valence-electron chi connectivity index (χ3n) is 3.04. The van der Waals surface area contributed by atoms with Crippen LogP contribution in [0.4, 0.5) is 0 Å². The Morgan fingerprint density at radius 3 is 2.57 bits per heavy atom. The Hall–Kier alpha value is -0.860. The van der Waals surface area contributed by atoms with Crippen LogP contribution in [-0.4, -0.2) is 17.3 Å². The summed E-state index contributed by atoms with van der Waals surface area (Å²) in [6, 6.07) is 10.2. The monoisotopic (exact) mass is 191 g/mol. The van der Waals surface area contributed by atoms with Crippen LogP contribution in [0.5, 0.6) is 0 Å². The van der Waals surface area contributed by atoms with Crippen LogP contribution in [-0.2, 0) is 0 Å². The average molecular weight is 191 g/mol. The third kappa shape index (κ3) is 1.81. The van der Waals surface area contributed by atoms with E-state index in [4.69, 9.17) is 5.73 Å². The van der Waals surface area contributed by atoms with Crippen LogP contribution in [0, 0.1) is 5.92 Å². The van der Waals surface area contributed by atoms with E-state index in [1.165, 1.54) is 5.56 Å². The summed E-state index contributed by atoms with van der Waals surface area (Å²) < 4.78 is 0. The van der Waals surface area contributed by atoms with Crippen LogP contribution in [0.15, 0.2) is 30.3 Å². The molecule has 1 saturated carbocycles. The minimum absolute atomic E-state index is 0.117. The van der Waals surface area contributed by atoms with E-state index in [1.54, 1.807) is 0 Å². The van der Waals surface area contributed by atoms with Gasteiger partial charge in [-0.3, -0.25) is 0 Å². The van der Waals surface area contributed by atoms with Crippen LogP contribution < -0.4 is 5.73 Å². The lowest BCUT2D eigenvalue weighted by Crippen LogP contribution is -2.33. The van der Waals surface area contributed by atoms with Crippen LogP contribution in [0.1, 0.15) is 24.8 Å². The second kappa shape index (κ2) is 3.71. The fourth-order valence-corrected chi connectivity index (χ4v) is 2.07. The van der Waals surface area contributed by atoms with Gasteiger partial charge in [0.15, 0.2) is 0 Å². The molecule has 1 aliphatic rings. The molecule has 0 heterocycles. The Bertz CT molecular complexity index is 296. The Morgan fingerprint density at radius 1 is 1.36 bits per heavy atom. The summed E-state index contributed by atoms with van der Waals surface area (Å²) in [4.78, 5) is 0. The molecule has 0 aromatic heterocycles. The maximum Gasteiger partial charge on any atom is 0.0722 e. The maximum atomic E-state index is 9.77. The molecule has 1 aromatic carbocycles.